The molecular formula is C34H45ClN2O4S. The van der Waals surface area contributed by atoms with Crippen molar-refractivity contribution in [3.05, 3.63) is 58.1 Å². The maximum Gasteiger partial charge on any atom is 0.262 e. The molecule has 1 unspecified atom stereocenters. The van der Waals surface area contributed by atoms with Crippen LogP contribution in [0, 0.1) is 17.8 Å². The van der Waals surface area contributed by atoms with Gasteiger partial charge in [-0.25, -0.2) is 4.21 Å². The normalized spacial score (nSPS) is 37.0. The number of benzene rings is 2. The Morgan fingerprint density at radius 3 is 2.69 bits per heavy atom. The second kappa shape index (κ2) is 11.0. The molecule has 228 valence electrons. The zero-order valence-corrected chi connectivity index (χ0v) is 26.7. The Hall–Kier alpha value is -2.22. The number of aryl methyl sites for hydroxylation is 1. The highest BCUT2D eigenvalue weighted by Gasteiger charge is 2.47. The highest BCUT2D eigenvalue weighted by atomic mass is 35.5. The molecule has 2 N–H and O–H groups in total. The van der Waals surface area contributed by atoms with E-state index in [0.29, 0.717) is 24.5 Å². The molecule has 1 fully saturated rings. The van der Waals surface area contributed by atoms with Gasteiger partial charge in [0.15, 0.2) is 0 Å². The van der Waals surface area contributed by atoms with E-state index >= 15 is 0 Å². The minimum absolute atomic E-state index is 0.0940. The third-order valence-electron chi connectivity index (χ3n) is 11.0. The number of amides is 1. The average Bonchev–Trinajstić information content (AvgIpc) is 3.06. The van der Waals surface area contributed by atoms with Crippen LogP contribution in [0.5, 0.6) is 5.75 Å². The lowest BCUT2D eigenvalue weighted by Gasteiger charge is -2.49. The second-order valence-electron chi connectivity index (χ2n) is 13.8. The van der Waals surface area contributed by atoms with E-state index in [2.05, 4.69) is 34.5 Å². The summed E-state index contributed by atoms with van der Waals surface area (Å²) in [6.45, 7) is 8.07. The van der Waals surface area contributed by atoms with Gasteiger partial charge in [-0.3, -0.25) is 9.52 Å². The van der Waals surface area contributed by atoms with Gasteiger partial charge in [0.1, 0.15) is 5.75 Å². The lowest BCUT2D eigenvalue weighted by Crippen LogP contribution is -2.52. The molecule has 1 amide bonds. The topological polar surface area (TPSA) is 78.9 Å². The number of rotatable bonds is 0. The van der Waals surface area contributed by atoms with E-state index in [9.17, 15) is 14.1 Å². The Bertz CT molecular complexity index is 1470. The average molecular weight is 613 g/mol. The van der Waals surface area contributed by atoms with Crippen molar-refractivity contribution in [1.29, 1.82) is 0 Å². The highest BCUT2D eigenvalue weighted by Crippen LogP contribution is 2.48. The van der Waals surface area contributed by atoms with E-state index in [4.69, 9.17) is 16.3 Å². The Labute approximate surface area is 256 Å². The summed E-state index contributed by atoms with van der Waals surface area (Å²) in [7, 11) is -2.89. The van der Waals surface area contributed by atoms with Gasteiger partial charge in [-0.15, -0.1) is 0 Å². The first-order chi connectivity index (χ1) is 19.9. The van der Waals surface area contributed by atoms with Gasteiger partial charge >= 0.3 is 0 Å². The molecule has 0 aromatic heterocycles. The smallest absolute Gasteiger partial charge is 0.262 e. The molecule has 2 aliphatic heterocycles. The summed E-state index contributed by atoms with van der Waals surface area (Å²) in [6.07, 6.45) is 7.53. The van der Waals surface area contributed by atoms with Crippen molar-refractivity contribution < 1.29 is 18.8 Å². The van der Waals surface area contributed by atoms with Crippen molar-refractivity contribution in [2.75, 3.05) is 24.6 Å². The maximum absolute atomic E-state index is 13.7. The summed E-state index contributed by atoms with van der Waals surface area (Å²) in [5.74, 6) is 5.01. The van der Waals surface area contributed by atoms with Crippen LogP contribution in [0.3, 0.4) is 0 Å². The van der Waals surface area contributed by atoms with Crippen LogP contribution in [0.2, 0.25) is 5.02 Å². The first-order valence-corrected chi connectivity index (χ1v) is 17.8. The van der Waals surface area contributed by atoms with E-state index in [1.54, 1.807) is 6.07 Å². The monoisotopic (exact) mass is 612 g/mol. The fraction of sp³-hybridized carbons (Fsp3) is 0.588. The number of carbonyl (C=O) groups is 1. The number of anilines is 1. The van der Waals surface area contributed by atoms with E-state index in [1.165, 1.54) is 11.1 Å². The predicted octanol–water partition coefficient (Wildman–Crippen LogP) is 6.16. The number of nitrogens with one attached hydrogen (secondary N) is 1. The molecule has 4 aliphatic rings. The van der Waals surface area contributed by atoms with E-state index in [-0.39, 0.29) is 28.4 Å². The largest absolute Gasteiger partial charge is 0.490 e. The van der Waals surface area contributed by atoms with Gasteiger partial charge in [0, 0.05) is 34.3 Å². The van der Waals surface area contributed by atoms with Crippen LogP contribution in [0.1, 0.15) is 87.2 Å². The third kappa shape index (κ3) is 5.46. The molecule has 2 aliphatic carbocycles. The van der Waals surface area contributed by atoms with E-state index < -0.39 is 15.3 Å². The molecule has 42 heavy (non-hydrogen) atoms. The first-order valence-electron chi connectivity index (χ1n) is 15.6. The van der Waals surface area contributed by atoms with E-state index in [1.807, 2.05) is 32.0 Å². The molecule has 0 saturated heterocycles. The summed E-state index contributed by atoms with van der Waals surface area (Å²) < 4.78 is 23.0. The minimum atomic E-state index is -2.89. The van der Waals surface area contributed by atoms with Gasteiger partial charge in [-0.1, -0.05) is 31.0 Å². The standard InChI is InChI=1S/C34H45ClN2O4S/c1-22-7-5-15-33(3,39)28-12-9-26(28)19-37-20-34(16-6-8-24-17-27(35)11-13-29(24)34)21-41-31-14-10-25(18-30(31)37)32(38)36-42(4,40)23(22)2/h10-11,13-14,17-18,22-23,26,28,39H,4-9,12,15-16,19-21H2,1-3H3,(H,36,38,40)/t22-,23+,26-,28+,33+,34-,42?/m0/s1. The molecule has 2 heterocycles. The summed E-state index contributed by atoms with van der Waals surface area (Å²) in [5.41, 5.74) is 2.95. The number of carbonyl (C=O) groups excluding carboxylic acids is 1. The molecule has 6 nitrogen and oxygen atoms in total. The Kier molecular flexibility index (Phi) is 7.85. The van der Waals surface area contributed by atoms with Crippen LogP contribution >= 0.6 is 11.6 Å². The van der Waals surface area contributed by atoms with Gasteiger partial charge in [-0.2, -0.15) is 0 Å². The Morgan fingerprint density at radius 2 is 1.93 bits per heavy atom. The number of fused-ring (bicyclic) bond motifs is 4. The lowest BCUT2D eigenvalue weighted by molar-refractivity contribution is -0.0746. The Morgan fingerprint density at radius 1 is 1.12 bits per heavy atom. The van der Waals surface area contributed by atoms with Crippen LogP contribution in [-0.4, -0.2) is 51.6 Å². The molecule has 7 atom stereocenters. The van der Waals surface area contributed by atoms with Crippen molar-refractivity contribution in [3.8, 4) is 5.75 Å². The number of ether oxygens (including phenoxy) is 1. The first kappa shape index (κ1) is 29.8. The molecular weight excluding hydrogens is 568 g/mol. The summed E-state index contributed by atoms with van der Waals surface area (Å²) in [5, 5.41) is 12.2. The third-order valence-corrected chi connectivity index (χ3v) is 13.4. The second-order valence-corrected chi connectivity index (χ2v) is 16.7. The molecule has 8 heteroatoms. The van der Waals surface area contributed by atoms with Gasteiger partial charge in [-0.05, 0) is 124 Å². The summed E-state index contributed by atoms with van der Waals surface area (Å²) in [6, 6.07) is 11.8. The van der Waals surface area contributed by atoms with Gasteiger partial charge in [0.25, 0.3) is 5.91 Å². The van der Waals surface area contributed by atoms with Crippen molar-refractivity contribution in [2.45, 2.75) is 88.4 Å². The zero-order chi connectivity index (χ0) is 29.9. The van der Waals surface area contributed by atoms with Crippen molar-refractivity contribution in [1.82, 2.24) is 4.72 Å². The summed E-state index contributed by atoms with van der Waals surface area (Å²) >= 11 is 6.41. The van der Waals surface area contributed by atoms with Crippen LogP contribution in [0.15, 0.2) is 36.4 Å². The SMILES string of the molecule is C=S1(=O)NC(=O)c2ccc3c(c2)N(C[C@@H]2CC[C@H]2[C@](C)(O)CCC[C@H](C)[C@H]1C)C[C@@]1(CCCc2cc(Cl)ccc21)CO3. The Balaban J connectivity index is 1.43. The minimum Gasteiger partial charge on any atom is -0.490 e. The number of aliphatic hydroxyl groups is 1. The number of nitrogens with zero attached hydrogens (tertiary/aromatic N) is 1. The summed E-state index contributed by atoms with van der Waals surface area (Å²) in [4.78, 5) is 15.9. The molecule has 0 radical (unpaired) electrons. The fourth-order valence-electron chi connectivity index (χ4n) is 8.03. The molecule has 6 rings (SSSR count). The van der Waals surface area contributed by atoms with Crippen LogP contribution in [0.25, 0.3) is 0 Å². The van der Waals surface area contributed by atoms with Crippen molar-refractivity contribution in [2.24, 2.45) is 17.8 Å². The molecule has 2 aromatic rings. The quantitative estimate of drug-likeness (QED) is 0.349. The lowest BCUT2D eigenvalue weighted by atomic mass is 9.63. The van der Waals surface area contributed by atoms with Crippen LogP contribution < -0.4 is 14.4 Å². The predicted molar refractivity (Wildman–Crippen MR) is 172 cm³/mol. The number of hydrogen-bond acceptors (Lipinski definition) is 5. The number of hydrogen-bond donors (Lipinski definition) is 2. The zero-order valence-electron chi connectivity index (χ0n) is 25.2. The fourth-order valence-corrected chi connectivity index (χ4v) is 9.73. The van der Waals surface area contributed by atoms with Crippen LogP contribution in [-0.2, 0) is 21.5 Å². The van der Waals surface area contributed by atoms with E-state index in [0.717, 1.165) is 74.5 Å². The maximum atomic E-state index is 13.7. The van der Waals surface area contributed by atoms with Crippen LogP contribution in [0.4, 0.5) is 5.69 Å². The van der Waals surface area contributed by atoms with Crippen molar-refractivity contribution >= 4 is 38.8 Å². The highest BCUT2D eigenvalue weighted by molar-refractivity contribution is 7.99. The molecule has 2 bridgehead atoms. The molecule has 2 aromatic carbocycles. The molecule has 1 spiro atoms. The van der Waals surface area contributed by atoms with Gasteiger partial charge in [0.2, 0.25) is 0 Å². The van der Waals surface area contributed by atoms with Gasteiger partial charge in [0.05, 0.1) is 27.6 Å². The van der Waals surface area contributed by atoms with Crippen molar-refractivity contribution in [3.63, 3.8) is 0 Å². The molecule has 1 saturated carbocycles. The van der Waals surface area contributed by atoms with Gasteiger partial charge < -0.3 is 14.7 Å². The number of halogens is 1.